The predicted molar refractivity (Wildman–Crippen MR) is 68.9 cm³/mol. The Balaban J connectivity index is 2.51. The smallest absolute Gasteiger partial charge is 0.343 e. The largest absolute Gasteiger partial charge is 0.462 e. The highest BCUT2D eigenvalue weighted by Crippen LogP contribution is 2.26. The maximum atomic E-state index is 13.8. The summed E-state index contributed by atoms with van der Waals surface area (Å²) in [5.41, 5.74) is 5.85. The highest BCUT2D eigenvalue weighted by atomic mass is 35.5. The van der Waals surface area contributed by atoms with Gasteiger partial charge in [-0.25, -0.2) is 13.9 Å². The highest BCUT2D eigenvalue weighted by molar-refractivity contribution is 6.32. The summed E-state index contributed by atoms with van der Waals surface area (Å²) in [5.74, 6) is -1.22. The molecule has 0 saturated carbocycles. The van der Waals surface area contributed by atoms with E-state index < -0.39 is 11.8 Å². The molecule has 7 heteroatoms. The van der Waals surface area contributed by atoms with Gasteiger partial charge in [0.15, 0.2) is 0 Å². The Morgan fingerprint density at radius 1 is 1.58 bits per heavy atom. The number of carbonyl (C=O) groups is 1. The SMILES string of the molecule is CCOC(=O)c1cnn(-c2c(F)cccc2Cl)c1N. The monoisotopic (exact) mass is 283 g/mol. The van der Waals surface area contributed by atoms with Gasteiger partial charge in [-0.3, -0.25) is 0 Å². The van der Waals surface area contributed by atoms with Gasteiger partial charge in [0.1, 0.15) is 22.9 Å². The van der Waals surface area contributed by atoms with Gasteiger partial charge in [-0.05, 0) is 19.1 Å². The van der Waals surface area contributed by atoms with Gasteiger partial charge < -0.3 is 10.5 Å². The van der Waals surface area contributed by atoms with Crippen LogP contribution in [-0.4, -0.2) is 22.4 Å². The first-order valence-corrected chi connectivity index (χ1v) is 5.89. The molecule has 0 spiro atoms. The molecular weight excluding hydrogens is 273 g/mol. The highest BCUT2D eigenvalue weighted by Gasteiger charge is 2.20. The summed E-state index contributed by atoms with van der Waals surface area (Å²) in [4.78, 5) is 11.6. The van der Waals surface area contributed by atoms with Crippen molar-refractivity contribution >= 4 is 23.4 Å². The second-order valence-corrected chi connectivity index (χ2v) is 4.05. The van der Waals surface area contributed by atoms with Gasteiger partial charge in [0.05, 0.1) is 17.8 Å². The lowest BCUT2D eigenvalue weighted by Crippen LogP contribution is -2.10. The molecule has 0 radical (unpaired) electrons. The molecular formula is C12H11ClFN3O2. The van der Waals surface area contributed by atoms with Gasteiger partial charge in [0, 0.05) is 0 Å². The number of carbonyl (C=O) groups excluding carboxylic acids is 1. The zero-order valence-electron chi connectivity index (χ0n) is 10.1. The molecule has 0 aliphatic heterocycles. The normalized spacial score (nSPS) is 10.5. The van der Waals surface area contributed by atoms with E-state index in [1.165, 1.54) is 24.4 Å². The molecule has 0 aliphatic rings. The van der Waals surface area contributed by atoms with Crippen molar-refractivity contribution in [2.45, 2.75) is 6.92 Å². The zero-order valence-corrected chi connectivity index (χ0v) is 10.8. The Labute approximate surface area is 113 Å². The molecule has 100 valence electrons. The predicted octanol–water partition coefficient (Wildman–Crippen LogP) is 2.42. The zero-order chi connectivity index (χ0) is 14.0. The molecule has 1 aromatic heterocycles. The van der Waals surface area contributed by atoms with Crippen LogP contribution in [0, 0.1) is 5.82 Å². The van der Waals surface area contributed by atoms with Gasteiger partial charge >= 0.3 is 5.97 Å². The van der Waals surface area contributed by atoms with E-state index in [1.807, 2.05) is 0 Å². The number of ether oxygens (including phenoxy) is 1. The Bertz CT molecular complexity index is 607. The third-order valence-corrected chi connectivity index (χ3v) is 2.76. The van der Waals surface area contributed by atoms with Crippen LogP contribution in [0.3, 0.4) is 0 Å². The number of nitrogen functional groups attached to an aromatic ring is 1. The minimum absolute atomic E-state index is 0.00258. The van der Waals surface area contributed by atoms with E-state index in [9.17, 15) is 9.18 Å². The fourth-order valence-corrected chi connectivity index (χ4v) is 1.84. The number of benzene rings is 1. The number of anilines is 1. The number of hydrogen-bond acceptors (Lipinski definition) is 4. The summed E-state index contributed by atoms with van der Waals surface area (Å²) in [6.45, 7) is 1.89. The maximum absolute atomic E-state index is 13.8. The Kier molecular flexibility index (Phi) is 3.71. The van der Waals surface area contributed by atoms with Crippen LogP contribution >= 0.6 is 11.6 Å². The first-order chi connectivity index (χ1) is 9.06. The summed E-state index contributed by atoms with van der Waals surface area (Å²) >= 11 is 5.91. The van der Waals surface area contributed by atoms with E-state index >= 15 is 0 Å². The quantitative estimate of drug-likeness (QED) is 0.878. The molecule has 0 amide bonds. The van der Waals surface area contributed by atoms with Gasteiger partial charge in [-0.1, -0.05) is 17.7 Å². The van der Waals surface area contributed by atoms with Crippen molar-refractivity contribution in [2.75, 3.05) is 12.3 Å². The Morgan fingerprint density at radius 2 is 2.32 bits per heavy atom. The average molecular weight is 284 g/mol. The van der Waals surface area contributed by atoms with E-state index in [1.54, 1.807) is 6.92 Å². The second-order valence-electron chi connectivity index (χ2n) is 3.65. The van der Waals surface area contributed by atoms with Crippen LogP contribution in [0.2, 0.25) is 5.02 Å². The Hall–Kier alpha value is -2.08. The van der Waals surface area contributed by atoms with E-state index in [2.05, 4.69) is 5.10 Å². The third kappa shape index (κ3) is 2.39. The van der Waals surface area contributed by atoms with Gasteiger partial charge in [0.25, 0.3) is 0 Å². The first kappa shape index (κ1) is 13.4. The summed E-state index contributed by atoms with van der Waals surface area (Å²) in [6.07, 6.45) is 1.22. The minimum Gasteiger partial charge on any atom is -0.462 e. The van der Waals surface area contributed by atoms with Crippen LogP contribution in [0.5, 0.6) is 0 Å². The summed E-state index contributed by atoms with van der Waals surface area (Å²) in [5, 5.41) is 4.02. The number of rotatable bonds is 3. The standard InChI is InChI=1S/C12H11ClFN3O2/c1-2-19-12(18)7-6-16-17(11(7)15)10-8(13)4-3-5-9(10)14/h3-6H,2,15H2,1H3. The van der Waals surface area contributed by atoms with Crippen molar-refractivity contribution in [1.82, 2.24) is 9.78 Å². The molecule has 0 aliphatic carbocycles. The van der Waals surface area contributed by atoms with Crippen LogP contribution in [0.4, 0.5) is 10.2 Å². The molecule has 0 fully saturated rings. The second kappa shape index (κ2) is 5.27. The molecule has 2 rings (SSSR count). The average Bonchev–Trinajstić information content (AvgIpc) is 2.72. The third-order valence-electron chi connectivity index (χ3n) is 2.45. The van der Waals surface area contributed by atoms with Gasteiger partial charge in [-0.2, -0.15) is 5.10 Å². The van der Waals surface area contributed by atoms with Gasteiger partial charge in [-0.15, -0.1) is 0 Å². The molecule has 2 aromatic rings. The topological polar surface area (TPSA) is 70.1 Å². The maximum Gasteiger partial charge on any atom is 0.343 e. The molecule has 0 bridgehead atoms. The molecule has 5 nitrogen and oxygen atoms in total. The lowest BCUT2D eigenvalue weighted by atomic mass is 10.3. The van der Waals surface area contributed by atoms with Crippen molar-refractivity contribution in [2.24, 2.45) is 0 Å². The van der Waals surface area contributed by atoms with Crippen molar-refractivity contribution in [3.05, 3.63) is 40.8 Å². The molecule has 2 N–H and O–H groups in total. The van der Waals surface area contributed by atoms with Crippen LogP contribution in [0.25, 0.3) is 5.69 Å². The number of esters is 1. The molecule has 1 aromatic carbocycles. The minimum atomic E-state index is -0.612. The first-order valence-electron chi connectivity index (χ1n) is 5.51. The van der Waals surface area contributed by atoms with E-state index in [0.29, 0.717) is 0 Å². The number of halogens is 2. The van der Waals surface area contributed by atoms with Gasteiger partial charge in [0.2, 0.25) is 0 Å². The summed E-state index contributed by atoms with van der Waals surface area (Å²) < 4.78 is 19.7. The van der Waals surface area contributed by atoms with Crippen molar-refractivity contribution in [1.29, 1.82) is 0 Å². The lowest BCUT2D eigenvalue weighted by molar-refractivity contribution is 0.0527. The van der Waals surface area contributed by atoms with Crippen LogP contribution in [0.15, 0.2) is 24.4 Å². The molecule has 0 atom stereocenters. The molecule has 1 heterocycles. The number of nitrogens with two attached hydrogens (primary N) is 1. The van der Waals surface area contributed by atoms with Crippen LogP contribution < -0.4 is 5.73 Å². The fourth-order valence-electron chi connectivity index (χ4n) is 1.59. The number of hydrogen-bond donors (Lipinski definition) is 1. The van der Waals surface area contributed by atoms with E-state index in [-0.39, 0.29) is 28.7 Å². The van der Waals surface area contributed by atoms with Crippen LogP contribution in [-0.2, 0) is 4.74 Å². The fraction of sp³-hybridized carbons (Fsp3) is 0.167. The van der Waals surface area contributed by atoms with Crippen molar-refractivity contribution < 1.29 is 13.9 Å². The molecule has 0 unspecified atom stereocenters. The number of nitrogens with zero attached hydrogens (tertiary/aromatic N) is 2. The summed E-state index contributed by atoms with van der Waals surface area (Å²) in [7, 11) is 0. The van der Waals surface area contributed by atoms with Crippen LogP contribution in [0.1, 0.15) is 17.3 Å². The van der Waals surface area contributed by atoms with E-state index in [0.717, 1.165) is 4.68 Å². The summed E-state index contributed by atoms with van der Waals surface area (Å²) in [6, 6.07) is 4.20. The van der Waals surface area contributed by atoms with Crippen molar-refractivity contribution in [3.63, 3.8) is 0 Å². The Morgan fingerprint density at radius 3 is 2.95 bits per heavy atom. The van der Waals surface area contributed by atoms with Crippen molar-refractivity contribution in [3.8, 4) is 5.69 Å². The lowest BCUT2D eigenvalue weighted by Gasteiger charge is -2.08. The number of aromatic nitrogens is 2. The molecule has 0 saturated heterocycles. The molecule has 19 heavy (non-hydrogen) atoms. The number of para-hydroxylation sites is 1. The van der Waals surface area contributed by atoms with E-state index in [4.69, 9.17) is 22.1 Å².